The number of carbonyl (C=O) groups is 2. The minimum atomic E-state index is -0.271. The van der Waals surface area contributed by atoms with Gasteiger partial charge in [-0.1, -0.05) is 18.6 Å². The summed E-state index contributed by atoms with van der Waals surface area (Å²) in [6.45, 7) is 0.778. The Balaban J connectivity index is 1.80. The van der Waals surface area contributed by atoms with E-state index in [4.69, 9.17) is 4.74 Å². The van der Waals surface area contributed by atoms with Gasteiger partial charge in [0.15, 0.2) is 0 Å². The molecule has 0 spiro atoms. The van der Waals surface area contributed by atoms with Crippen molar-refractivity contribution in [3.8, 4) is 0 Å². The van der Waals surface area contributed by atoms with Crippen LogP contribution in [0.4, 0.5) is 5.69 Å². The number of carbonyl (C=O) groups excluding carboxylic acids is 2. The van der Waals surface area contributed by atoms with Crippen LogP contribution in [0.15, 0.2) is 24.3 Å². The predicted octanol–water partition coefficient (Wildman–Crippen LogP) is 3.01. The average Bonchev–Trinajstić information content (AvgIpc) is 3.29. The van der Waals surface area contributed by atoms with E-state index in [9.17, 15) is 9.59 Å². The molecule has 1 saturated carbocycles. The van der Waals surface area contributed by atoms with Crippen LogP contribution in [-0.4, -0.2) is 44.5 Å². The Hall–Kier alpha value is -2.04. The molecule has 1 aromatic carbocycles. The van der Waals surface area contributed by atoms with Gasteiger partial charge in [0.05, 0.1) is 25.0 Å². The van der Waals surface area contributed by atoms with Gasteiger partial charge in [0.1, 0.15) is 0 Å². The third-order valence-corrected chi connectivity index (χ3v) is 5.64. The molecule has 25 heavy (non-hydrogen) atoms. The molecule has 1 aliphatic carbocycles. The van der Waals surface area contributed by atoms with Crippen LogP contribution < -0.4 is 4.90 Å². The maximum Gasteiger partial charge on any atom is 0.309 e. The fraction of sp³-hybridized carbons (Fsp3) is 0.600. The molecule has 1 heterocycles. The van der Waals surface area contributed by atoms with Gasteiger partial charge in [-0.2, -0.15) is 0 Å². The second kappa shape index (κ2) is 7.46. The number of benzene rings is 1. The lowest BCUT2D eigenvalue weighted by Gasteiger charge is -2.30. The minimum absolute atomic E-state index is 0.117. The van der Waals surface area contributed by atoms with Crippen molar-refractivity contribution in [3.05, 3.63) is 29.8 Å². The number of anilines is 1. The van der Waals surface area contributed by atoms with Gasteiger partial charge in [0.25, 0.3) is 0 Å². The van der Waals surface area contributed by atoms with E-state index in [0.717, 1.165) is 44.3 Å². The molecule has 0 bridgehead atoms. The molecule has 0 unspecified atom stereocenters. The summed E-state index contributed by atoms with van der Waals surface area (Å²) < 4.78 is 4.92. The number of hydrogen-bond donors (Lipinski definition) is 0. The lowest BCUT2D eigenvalue weighted by atomic mass is 9.93. The van der Waals surface area contributed by atoms with Crippen LogP contribution in [0.5, 0.6) is 0 Å². The van der Waals surface area contributed by atoms with Gasteiger partial charge in [0, 0.05) is 26.3 Å². The van der Waals surface area contributed by atoms with E-state index in [-0.39, 0.29) is 29.8 Å². The molecule has 5 heteroatoms. The molecule has 0 aromatic heterocycles. The van der Waals surface area contributed by atoms with Gasteiger partial charge in [-0.25, -0.2) is 0 Å². The SMILES string of the molecule is COC(=O)[C@@H]1CCC[C@H]1C(=O)N1CCC[C@H]1c1cccc(N(C)C)c1. The first-order valence-electron chi connectivity index (χ1n) is 9.18. The molecule has 2 aliphatic rings. The molecule has 2 fully saturated rings. The van der Waals surface area contributed by atoms with Crippen molar-refractivity contribution in [1.82, 2.24) is 4.90 Å². The van der Waals surface area contributed by atoms with Crippen molar-refractivity contribution in [2.24, 2.45) is 11.8 Å². The molecule has 1 saturated heterocycles. The summed E-state index contributed by atoms with van der Waals surface area (Å²) >= 11 is 0. The first-order chi connectivity index (χ1) is 12.0. The van der Waals surface area contributed by atoms with Crippen LogP contribution in [0.2, 0.25) is 0 Å². The highest BCUT2D eigenvalue weighted by Gasteiger charge is 2.43. The van der Waals surface area contributed by atoms with E-state index in [1.807, 2.05) is 19.0 Å². The third kappa shape index (κ3) is 3.51. The third-order valence-electron chi connectivity index (χ3n) is 5.64. The summed E-state index contributed by atoms with van der Waals surface area (Å²) in [7, 11) is 5.46. The number of likely N-dealkylation sites (tertiary alicyclic amines) is 1. The van der Waals surface area contributed by atoms with Gasteiger partial charge >= 0.3 is 5.97 Å². The van der Waals surface area contributed by atoms with Gasteiger partial charge < -0.3 is 14.5 Å². The van der Waals surface area contributed by atoms with Gasteiger partial charge in [0.2, 0.25) is 5.91 Å². The average molecular weight is 344 g/mol. The number of nitrogens with zero attached hydrogens (tertiary/aromatic N) is 2. The number of rotatable bonds is 4. The van der Waals surface area contributed by atoms with Crippen LogP contribution in [0.25, 0.3) is 0 Å². The Labute approximate surface area is 149 Å². The topological polar surface area (TPSA) is 49.9 Å². The van der Waals surface area contributed by atoms with E-state index in [1.165, 1.54) is 12.7 Å². The zero-order valence-corrected chi connectivity index (χ0v) is 15.4. The molecule has 1 aromatic rings. The smallest absolute Gasteiger partial charge is 0.309 e. The van der Waals surface area contributed by atoms with Gasteiger partial charge in [-0.05, 0) is 43.4 Å². The number of amides is 1. The number of methoxy groups -OCH3 is 1. The number of hydrogen-bond acceptors (Lipinski definition) is 4. The normalized spacial score (nSPS) is 25.9. The molecule has 136 valence electrons. The van der Waals surface area contributed by atoms with Crippen LogP contribution >= 0.6 is 0 Å². The van der Waals surface area contributed by atoms with Crippen molar-refractivity contribution >= 4 is 17.6 Å². The van der Waals surface area contributed by atoms with Crippen molar-refractivity contribution in [1.29, 1.82) is 0 Å². The van der Waals surface area contributed by atoms with E-state index in [0.29, 0.717) is 0 Å². The second-order valence-corrected chi connectivity index (χ2v) is 7.35. The maximum atomic E-state index is 13.2. The van der Waals surface area contributed by atoms with E-state index in [2.05, 4.69) is 29.2 Å². The summed E-state index contributed by atoms with van der Waals surface area (Å²) in [6.07, 6.45) is 4.47. The number of esters is 1. The molecular formula is C20H28N2O3. The lowest BCUT2D eigenvalue weighted by Crippen LogP contribution is -2.39. The summed E-state index contributed by atoms with van der Waals surface area (Å²) in [4.78, 5) is 29.3. The summed E-state index contributed by atoms with van der Waals surface area (Å²) in [6, 6.07) is 8.53. The largest absolute Gasteiger partial charge is 0.469 e. The maximum absolute atomic E-state index is 13.2. The van der Waals surface area contributed by atoms with Crippen LogP contribution in [-0.2, 0) is 14.3 Å². The van der Waals surface area contributed by atoms with E-state index >= 15 is 0 Å². The summed E-state index contributed by atoms with van der Waals surface area (Å²) in [5, 5.41) is 0. The minimum Gasteiger partial charge on any atom is -0.469 e. The van der Waals surface area contributed by atoms with Crippen LogP contribution in [0.1, 0.15) is 43.7 Å². The first kappa shape index (κ1) is 17.8. The zero-order chi connectivity index (χ0) is 18.0. The van der Waals surface area contributed by atoms with Gasteiger partial charge in [-0.3, -0.25) is 9.59 Å². The van der Waals surface area contributed by atoms with Crippen LogP contribution in [0, 0.1) is 11.8 Å². The highest BCUT2D eigenvalue weighted by atomic mass is 16.5. The quantitative estimate of drug-likeness (QED) is 0.788. The predicted molar refractivity (Wildman–Crippen MR) is 97.3 cm³/mol. The van der Waals surface area contributed by atoms with Crippen molar-refractivity contribution in [3.63, 3.8) is 0 Å². The molecule has 3 rings (SSSR count). The van der Waals surface area contributed by atoms with E-state index in [1.54, 1.807) is 0 Å². The Kier molecular flexibility index (Phi) is 5.30. The highest BCUT2D eigenvalue weighted by Crippen LogP contribution is 2.39. The molecule has 0 radical (unpaired) electrons. The second-order valence-electron chi connectivity index (χ2n) is 7.35. The fourth-order valence-corrected chi connectivity index (χ4v) is 4.29. The fourth-order valence-electron chi connectivity index (χ4n) is 4.29. The first-order valence-corrected chi connectivity index (χ1v) is 9.18. The standard InChI is InChI=1S/C20H28N2O3/c1-21(2)15-8-4-7-14(13-15)18-11-6-12-22(18)19(23)16-9-5-10-17(16)20(24)25-3/h4,7-8,13,16-18H,5-6,9-12H2,1-3H3/t16-,17-,18+/m1/s1. The molecule has 1 amide bonds. The Morgan fingerprint density at radius 3 is 2.60 bits per heavy atom. The van der Waals surface area contributed by atoms with Crippen molar-refractivity contribution in [2.45, 2.75) is 38.1 Å². The Bertz CT molecular complexity index is 644. The monoisotopic (exact) mass is 344 g/mol. The molecule has 5 nitrogen and oxygen atoms in total. The molecule has 1 aliphatic heterocycles. The molecule has 0 N–H and O–H groups in total. The summed E-state index contributed by atoms with van der Waals surface area (Å²) in [5.41, 5.74) is 2.33. The number of ether oxygens (including phenoxy) is 1. The highest BCUT2D eigenvalue weighted by molar-refractivity contribution is 5.86. The van der Waals surface area contributed by atoms with E-state index < -0.39 is 0 Å². The zero-order valence-electron chi connectivity index (χ0n) is 15.4. The Morgan fingerprint density at radius 1 is 1.12 bits per heavy atom. The lowest BCUT2D eigenvalue weighted by molar-refractivity contribution is -0.152. The Morgan fingerprint density at radius 2 is 1.88 bits per heavy atom. The van der Waals surface area contributed by atoms with Crippen molar-refractivity contribution in [2.75, 3.05) is 32.6 Å². The van der Waals surface area contributed by atoms with Crippen LogP contribution in [0.3, 0.4) is 0 Å². The molecular weight excluding hydrogens is 316 g/mol. The molecule has 3 atom stereocenters. The van der Waals surface area contributed by atoms with Gasteiger partial charge in [-0.15, -0.1) is 0 Å². The van der Waals surface area contributed by atoms with Crippen molar-refractivity contribution < 1.29 is 14.3 Å². The summed E-state index contributed by atoms with van der Waals surface area (Å²) in [5.74, 6) is -0.594.